The van der Waals surface area contributed by atoms with E-state index in [1.54, 1.807) is 46.8 Å². The van der Waals surface area contributed by atoms with Crippen molar-refractivity contribution in [3.8, 4) is 5.75 Å². The Bertz CT molecular complexity index is 1200. The number of benzene rings is 1. The van der Waals surface area contributed by atoms with Crippen molar-refractivity contribution >= 4 is 83.4 Å². The molecule has 13 nitrogen and oxygen atoms in total. The van der Waals surface area contributed by atoms with Crippen molar-refractivity contribution in [2.45, 2.75) is 56.5 Å². The molecule has 0 bridgehead atoms. The Labute approximate surface area is 322 Å². The molecule has 1 aliphatic rings. The molecule has 48 heavy (non-hydrogen) atoms. The molecule has 17 heteroatoms. The van der Waals surface area contributed by atoms with E-state index < -0.39 is 14.2 Å². The fraction of sp³-hybridized carbons (Fsp3) is 0.548. The van der Waals surface area contributed by atoms with Gasteiger partial charge in [0.1, 0.15) is 18.1 Å². The van der Waals surface area contributed by atoms with E-state index in [9.17, 15) is 19.4 Å². The first-order chi connectivity index (χ1) is 23.1. The quantitative estimate of drug-likeness (QED) is 0.0231. The molecule has 2 aromatic rings. The number of likely N-dealkylation sites (N-methyl/N-ethyl adjacent to an activating group) is 1. The predicted molar refractivity (Wildman–Crippen MR) is 195 cm³/mol. The van der Waals surface area contributed by atoms with Crippen molar-refractivity contribution in [3.63, 3.8) is 0 Å². The number of thiophene rings is 1. The van der Waals surface area contributed by atoms with Gasteiger partial charge in [-0.05, 0) is 62.0 Å². The van der Waals surface area contributed by atoms with Crippen LogP contribution in [0.5, 0.6) is 5.75 Å². The molecular formula is C31H51N8O5PPb2S. The summed E-state index contributed by atoms with van der Waals surface area (Å²) < 4.78 is 8.09. The molecule has 1 fully saturated rings. The van der Waals surface area contributed by atoms with E-state index >= 15 is 0 Å². The van der Waals surface area contributed by atoms with Gasteiger partial charge in [0.2, 0.25) is 5.91 Å². The van der Waals surface area contributed by atoms with Gasteiger partial charge >= 0.3 is 82.3 Å². The molecule has 10 N–H and O–H groups in total. The molecule has 0 spiro atoms. The van der Waals surface area contributed by atoms with Crippen LogP contribution in [0, 0.1) is 0 Å². The standard InChI is InChI=1S/C27H44N7O4PS.C4H7NO.2Pb/c1-33-18-22(15-25(33)26(35)31-13-5-3-2-4-12-28)34(30)17-21(29)19-38-23-10-8-20(9-11-23)27(39(36)37)32-16-24-7-6-14-40-24;1-5(2)3-4-6;;/h6-11,14,17,22,25,27,32,36-37H,2-5,12-13,15-16,18-19,28-30H2,1H3,(H,31,35);4H,1-3H2;;/b21-17-;;;. The Morgan fingerprint density at radius 3 is 2.48 bits per heavy atom. The van der Waals surface area contributed by atoms with Gasteiger partial charge < -0.3 is 36.3 Å². The van der Waals surface area contributed by atoms with Gasteiger partial charge in [-0.2, -0.15) is 0 Å². The van der Waals surface area contributed by atoms with E-state index in [0.717, 1.165) is 50.6 Å². The SMILES string of the molecule is CN1CC(N(N)/C=C(\N)COc2ccc(C(NCc3cccs3)P(O)O)cc2)CC1C(=O)NCCCCCCN.O=CCN([CH2][Pb])[CH2][Pb]. The number of carbonyl (C=O) groups excluding carboxylic acids is 2. The topological polar surface area (TPSA) is 196 Å². The number of unbranched alkanes of at least 4 members (excludes halogenated alkanes) is 3. The fourth-order valence-corrected chi connectivity index (χ4v) is 11.5. The molecule has 1 amide bonds. The van der Waals surface area contributed by atoms with Crippen molar-refractivity contribution in [3.05, 3.63) is 64.1 Å². The monoisotopic (exact) mass is 1090 g/mol. The van der Waals surface area contributed by atoms with Crippen LogP contribution in [0.3, 0.4) is 0 Å². The first kappa shape index (κ1) is 43.4. The van der Waals surface area contributed by atoms with Crippen LogP contribution in [0.4, 0.5) is 0 Å². The molecular weight excluding hydrogens is 1040 g/mol. The molecule has 3 rings (SSSR count). The molecule has 2 heterocycles. The second-order valence-electron chi connectivity index (χ2n) is 11.4. The minimum absolute atomic E-state index is 0.0277. The van der Waals surface area contributed by atoms with Crippen LogP contribution in [0.2, 0.25) is 0 Å². The molecule has 1 aromatic heterocycles. The molecule has 3 unspecified atom stereocenters. The molecule has 0 aliphatic carbocycles. The number of rotatable bonds is 21. The zero-order valence-corrected chi connectivity index (χ0v) is 37.2. The van der Waals surface area contributed by atoms with Gasteiger partial charge in [0.25, 0.3) is 0 Å². The van der Waals surface area contributed by atoms with Gasteiger partial charge in [0.15, 0.2) is 8.38 Å². The van der Waals surface area contributed by atoms with Gasteiger partial charge in [-0.25, -0.2) is 5.84 Å². The Morgan fingerprint density at radius 1 is 1.19 bits per heavy atom. The van der Waals surface area contributed by atoms with Crippen LogP contribution >= 0.6 is 19.7 Å². The summed E-state index contributed by atoms with van der Waals surface area (Å²) in [5.41, 5.74) is 12.9. The number of nitrogens with one attached hydrogen (secondary N) is 2. The number of carbonyl (C=O) groups is 2. The number of aldehydes is 1. The first-order valence-corrected chi connectivity index (χ1v) is 23.6. The van der Waals surface area contributed by atoms with E-state index in [1.807, 2.05) is 29.5 Å². The van der Waals surface area contributed by atoms with Crippen LogP contribution in [0.15, 0.2) is 53.7 Å². The summed E-state index contributed by atoms with van der Waals surface area (Å²) in [5, 5.41) is 9.79. The summed E-state index contributed by atoms with van der Waals surface area (Å²) in [5.74, 6) is 6.34. The summed E-state index contributed by atoms with van der Waals surface area (Å²) in [4.78, 5) is 47.7. The summed E-state index contributed by atoms with van der Waals surface area (Å²) in [6.45, 7) is 3.36. The molecule has 1 saturated heterocycles. The van der Waals surface area contributed by atoms with E-state index in [-0.39, 0.29) is 24.6 Å². The normalized spacial score (nSPS) is 17.2. The van der Waals surface area contributed by atoms with Gasteiger partial charge in [-0.1, -0.05) is 31.0 Å². The summed E-state index contributed by atoms with van der Waals surface area (Å²) in [6.07, 6.45) is 7.37. The predicted octanol–water partition coefficient (Wildman–Crippen LogP) is 0.635. The maximum absolute atomic E-state index is 12.7. The third kappa shape index (κ3) is 16.5. The van der Waals surface area contributed by atoms with Crippen LogP contribution < -0.4 is 32.7 Å². The molecule has 0 saturated carbocycles. The van der Waals surface area contributed by atoms with E-state index in [1.165, 1.54) is 51.5 Å². The Balaban J connectivity index is 0.000000886. The second-order valence-corrected chi connectivity index (χ2v) is 16.0. The molecule has 3 atom stereocenters. The Kier molecular flexibility index (Phi) is 22.8. The van der Waals surface area contributed by atoms with Gasteiger partial charge in [-0.15, -0.1) is 11.3 Å². The third-order valence-electron chi connectivity index (χ3n) is 7.66. The molecule has 264 valence electrons. The van der Waals surface area contributed by atoms with E-state index in [2.05, 4.69) is 15.5 Å². The Morgan fingerprint density at radius 2 is 1.90 bits per heavy atom. The zero-order chi connectivity index (χ0) is 35.3. The number of hydrogen-bond acceptors (Lipinski definition) is 13. The Hall–Kier alpha value is -0.806. The number of nitrogens with two attached hydrogens (primary N) is 3. The first-order valence-electron chi connectivity index (χ1n) is 15.9. The van der Waals surface area contributed by atoms with Crippen molar-refractivity contribution in [1.29, 1.82) is 0 Å². The van der Waals surface area contributed by atoms with Crippen molar-refractivity contribution < 1.29 is 24.1 Å². The number of ether oxygens (including phenoxy) is 1. The fourth-order valence-electron chi connectivity index (χ4n) is 4.93. The molecule has 1 aliphatic heterocycles. The number of hydrazine groups is 1. The van der Waals surface area contributed by atoms with Crippen molar-refractivity contribution in [2.75, 3.05) is 48.0 Å². The van der Waals surface area contributed by atoms with Crippen LogP contribution in [0.1, 0.15) is 48.3 Å². The van der Waals surface area contributed by atoms with Gasteiger partial charge in [-0.3, -0.25) is 15.0 Å². The number of likely N-dealkylation sites (tertiary alicyclic amines) is 1. The van der Waals surface area contributed by atoms with Crippen LogP contribution in [0.25, 0.3) is 0 Å². The number of hydrogen-bond donors (Lipinski definition) is 7. The average molecular weight is 1090 g/mol. The van der Waals surface area contributed by atoms with E-state index in [0.29, 0.717) is 50.6 Å². The summed E-state index contributed by atoms with van der Waals surface area (Å²) >= 11 is 3.98. The van der Waals surface area contributed by atoms with Crippen molar-refractivity contribution in [1.82, 2.24) is 25.4 Å². The molecule has 6 radical (unpaired) electrons. The average Bonchev–Trinajstić information content (AvgIpc) is 3.75. The van der Waals surface area contributed by atoms with Crippen LogP contribution in [-0.4, -0.2) is 148 Å². The van der Waals surface area contributed by atoms with Gasteiger partial charge in [0, 0.05) is 30.7 Å². The minimum atomic E-state index is -2.21. The summed E-state index contributed by atoms with van der Waals surface area (Å²) in [7, 11) is -0.281. The second kappa shape index (κ2) is 25.2. The van der Waals surface area contributed by atoms with Crippen molar-refractivity contribution in [2.24, 2.45) is 17.3 Å². The van der Waals surface area contributed by atoms with E-state index in [4.69, 9.17) is 22.0 Å². The molecule has 1 aromatic carbocycles. The number of amides is 1. The number of nitrogens with zero attached hydrogens (tertiary/aromatic N) is 3. The summed E-state index contributed by atoms with van der Waals surface area (Å²) in [6, 6.07) is 10.8. The zero-order valence-electron chi connectivity index (χ0n) is 27.7. The third-order valence-corrected chi connectivity index (χ3v) is 13.0. The van der Waals surface area contributed by atoms with Gasteiger partial charge in [0.05, 0.1) is 17.8 Å². The van der Waals surface area contributed by atoms with Crippen LogP contribution in [-0.2, 0) is 16.1 Å². The maximum atomic E-state index is 12.7.